The van der Waals surface area contributed by atoms with Gasteiger partial charge in [0, 0.05) is 16.6 Å². The molecule has 0 unspecified atom stereocenters. The van der Waals surface area contributed by atoms with E-state index in [0.29, 0.717) is 29.1 Å². The van der Waals surface area contributed by atoms with Crippen LogP contribution in [0, 0.1) is 18.3 Å². The summed E-state index contributed by atoms with van der Waals surface area (Å²) in [6, 6.07) is 8.28. The van der Waals surface area contributed by atoms with Crippen LogP contribution >= 0.6 is 11.3 Å². The number of fused-ring (bicyclic) bond motifs is 1. The maximum atomic E-state index is 13.5. The van der Waals surface area contributed by atoms with E-state index in [2.05, 4.69) is 43.2 Å². The molecule has 1 aromatic heterocycles. The van der Waals surface area contributed by atoms with Gasteiger partial charge in [-0.3, -0.25) is 14.5 Å². The van der Waals surface area contributed by atoms with E-state index < -0.39 is 0 Å². The lowest BCUT2D eigenvalue weighted by Crippen LogP contribution is -2.42. The quantitative estimate of drug-likeness (QED) is 0.529. The SMILES string of the molecule is Cc1cccc(NC(=O)c2c(NC(=O)CN3CCCC[C@H]3C)sc3c2CC[C@@H](C(C)(C)C)C3)c1. The molecule has 6 heteroatoms. The molecule has 0 radical (unpaired) electrons. The minimum atomic E-state index is -0.126. The molecule has 1 fully saturated rings. The molecular weight excluding hydrogens is 442 g/mol. The third-order valence-electron chi connectivity index (χ3n) is 7.53. The lowest BCUT2D eigenvalue weighted by Gasteiger charge is -2.33. The van der Waals surface area contributed by atoms with Crippen LogP contribution in [0.15, 0.2) is 24.3 Å². The Bertz CT molecular complexity index is 1050. The summed E-state index contributed by atoms with van der Waals surface area (Å²) in [6.45, 7) is 12.4. The van der Waals surface area contributed by atoms with Crippen LogP contribution < -0.4 is 10.6 Å². The van der Waals surface area contributed by atoms with Crippen molar-refractivity contribution < 1.29 is 9.59 Å². The van der Waals surface area contributed by atoms with Gasteiger partial charge < -0.3 is 10.6 Å². The highest BCUT2D eigenvalue weighted by molar-refractivity contribution is 7.17. The van der Waals surface area contributed by atoms with Gasteiger partial charge >= 0.3 is 0 Å². The molecule has 34 heavy (non-hydrogen) atoms. The zero-order valence-electron chi connectivity index (χ0n) is 21.3. The summed E-state index contributed by atoms with van der Waals surface area (Å²) in [5, 5.41) is 6.94. The first kappa shape index (κ1) is 24.9. The highest BCUT2D eigenvalue weighted by atomic mass is 32.1. The van der Waals surface area contributed by atoms with Gasteiger partial charge in [0.15, 0.2) is 0 Å². The second-order valence-corrected chi connectivity index (χ2v) is 12.3. The third-order valence-corrected chi connectivity index (χ3v) is 8.70. The van der Waals surface area contributed by atoms with Crippen LogP contribution in [0.2, 0.25) is 0 Å². The van der Waals surface area contributed by atoms with Crippen molar-refractivity contribution in [1.29, 1.82) is 0 Å². The van der Waals surface area contributed by atoms with Gasteiger partial charge in [0.2, 0.25) is 5.91 Å². The Labute approximate surface area is 208 Å². The standard InChI is InChI=1S/C28H39N3O2S/c1-18-9-8-11-21(15-18)29-26(33)25-22-13-12-20(28(3,4)5)16-23(22)34-27(25)30-24(32)17-31-14-7-6-10-19(31)2/h8-9,11,15,19-20H,6-7,10,12-14,16-17H2,1-5H3,(H,29,33)(H,30,32)/t19-,20-/m1/s1. The molecule has 184 valence electrons. The summed E-state index contributed by atoms with van der Waals surface area (Å²) in [6.07, 6.45) is 6.42. The minimum Gasteiger partial charge on any atom is -0.322 e. The first-order valence-electron chi connectivity index (χ1n) is 12.7. The molecule has 2 aromatic rings. The van der Waals surface area contributed by atoms with Gasteiger partial charge in [-0.1, -0.05) is 39.3 Å². The van der Waals surface area contributed by atoms with Crippen LogP contribution in [0.5, 0.6) is 0 Å². The normalized spacial score (nSPS) is 21.1. The van der Waals surface area contributed by atoms with Gasteiger partial charge in [-0.25, -0.2) is 0 Å². The molecule has 5 nitrogen and oxygen atoms in total. The number of benzene rings is 1. The van der Waals surface area contributed by atoms with Crippen LogP contribution in [0.3, 0.4) is 0 Å². The number of nitrogens with one attached hydrogen (secondary N) is 2. The highest BCUT2D eigenvalue weighted by Crippen LogP contribution is 2.44. The van der Waals surface area contributed by atoms with Crippen molar-refractivity contribution in [3.8, 4) is 0 Å². The van der Waals surface area contributed by atoms with Crippen LogP contribution in [0.4, 0.5) is 10.7 Å². The van der Waals surface area contributed by atoms with Gasteiger partial charge in [0.05, 0.1) is 12.1 Å². The van der Waals surface area contributed by atoms with Gasteiger partial charge in [-0.05, 0) is 87.1 Å². The molecule has 2 atom stereocenters. The number of hydrogen-bond acceptors (Lipinski definition) is 4. The summed E-state index contributed by atoms with van der Waals surface area (Å²) < 4.78 is 0. The van der Waals surface area contributed by atoms with E-state index in [4.69, 9.17) is 0 Å². The second-order valence-electron chi connectivity index (χ2n) is 11.2. The minimum absolute atomic E-state index is 0.0238. The van der Waals surface area contributed by atoms with Crippen LogP contribution in [-0.2, 0) is 17.6 Å². The summed E-state index contributed by atoms with van der Waals surface area (Å²) in [4.78, 5) is 30.1. The van der Waals surface area contributed by atoms with Gasteiger partial charge in [-0.15, -0.1) is 11.3 Å². The Balaban J connectivity index is 1.59. The topological polar surface area (TPSA) is 61.4 Å². The monoisotopic (exact) mass is 481 g/mol. The Kier molecular flexibility index (Phi) is 7.48. The first-order chi connectivity index (χ1) is 16.1. The van der Waals surface area contributed by atoms with E-state index in [9.17, 15) is 9.59 Å². The molecule has 1 aliphatic carbocycles. The molecule has 1 aliphatic heterocycles. The number of aryl methyl sites for hydroxylation is 1. The molecule has 2 amide bonds. The molecule has 1 aromatic carbocycles. The van der Waals surface area contributed by atoms with Crippen molar-refractivity contribution >= 4 is 33.8 Å². The number of hydrogen-bond donors (Lipinski definition) is 2. The molecule has 2 N–H and O–H groups in total. The van der Waals surface area contributed by atoms with Crippen molar-refractivity contribution in [2.24, 2.45) is 11.3 Å². The largest absolute Gasteiger partial charge is 0.322 e. The summed E-state index contributed by atoms with van der Waals surface area (Å²) >= 11 is 1.60. The smallest absolute Gasteiger partial charge is 0.258 e. The third kappa shape index (κ3) is 5.72. The summed E-state index contributed by atoms with van der Waals surface area (Å²) in [5.74, 6) is 0.423. The number of piperidine rings is 1. The van der Waals surface area contributed by atoms with Crippen LogP contribution in [0.1, 0.15) is 79.7 Å². The summed E-state index contributed by atoms with van der Waals surface area (Å²) in [5.41, 5.74) is 3.89. The Morgan fingerprint density at radius 2 is 1.94 bits per heavy atom. The van der Waals surface area contributed by atoms with Gasteiger partial charge in [0.1, 0.15) is 5.00 Å². The number of likely N-dealkylation sites (tertiary alicyclic amines) is 1. The van der Waals surface area contributed by atoms with Crippen molar-refractivity contribution in [1.82, 2.24) is 4.90 Å². The zero-order valence-corrected chi connectivity index (χ0v) is 22.1. The Morgan fingerprint density at radius 3 is 2.65 bits per heavy atom. The fraction of sp³-hybridized carbons (Fsp3) is 0.571. The van der Waals surface area contributed by atoms with E-state index in [0.717, 1.165) is 55.5 Å². The Hall–Kier alpha value is -2.18. The predicted octanol–water partition coefficient (Wildman–Crippen LogP) is 6.27. The molecular formula is C28H39N3O2S. The average Bonchev–Trinajstić information content (AvgIpc) is 3.11. The maximum Gasteiger partial charge on any atom is 0.258 e. The molecule has 0 saturated carbocycles. The molecule has 2 aliphatic rings. The van der Waals surface area contributed by atoms with Crippen molar-refractivity contribution in [2.45, 2.75) is 79.2 Å². The number of carbonyl (C=O) groups is 2. The average molecular weight is 482 g/mol. The first-order valence-corrected chi connectivity index (χ1v) is 13.5. The van der Waals surface area contributed by atoms with Crippen molar-refractivity contribution in [3.63, 3.8) is 0 Å². The summed E-state index contributed by atoms with van der Waals surface area (Å²) in [7, 11) is 0. The van der Waals surface area contributed by atoms with E-state index in [1.54, 1.807) is 11.3 Å². The van der Waals surface area contributed by atoms with Crippen LogP contribution in [0.25, 0.3) is 0 Å². The Morgan fingerprint density at radius 1 is 1.15 bits per heavy atom. The van der Waals surface area contributed by atoms with Gasteiger partial charge in [-0.2, -0.15) is 0 Å². The predicted molar refractivity (Wildman–Crippen MR) is 142 cm³/mol. The van der Waals surface area contributed by atoms with Crippen molar-refractivity contribution in [3.05, 3.63) is 45.8 Å². The van der Waals surface area contributed by atoms with Crippen molar-refractivity contribution in [2.75, 3.05) is 23.7 Å². The van der Waals surface area contributed by atoms with Crippen LogP contribution in [-0.4, -0.2) is 35.8 Å². The van der Waals surface area contributed by atoms with E-state index in [1.807, 2.05) is 31.2 Å². The number of carbonyl (C=O) groups excluding carboxylic acids is 2. The highest BCUT2D eigenvalue weighted by Gasteiger charge is 2.34. The fourth-order valence-corrected chi connectivity index (χ4v) is 6.65. The molecule has 0 bridgehead atoms. The molecule has 0 spiro atoms. The fourth-order valence-electron chi connectivity index (χ4n) is 5.31. The maximum absolute atomic E-state index is 13.5. The van der Waals surface area contributed by atoms with E-state index in [1.165, 1.54) is 11.3 Å². The lowest BCUT2D eigenvalue weighted by atomic mass is 9.72. The number of thiophene rings is 1. The number of rotatable bonds is 5. The van der Waals surface area contributed by atoms with Gasteiger partial charge in [0.25, 0.3) is 5.91 Å². The van der Waals surface area contributed by atoms with E-state index in [-0.39, 0.29) is 17.2 Å². The number of nitrogens with zero attached hydrogens (tertiary/aromatic N) is 1. The molecule has 2 heterocycles. The number of anilines is 2. The lowest BCUT2D eigenvalue weighted by molar-refractivity contribution is -0.118. The number of amides is 2. The molecule has 1 saturated heterocycles. The van der Waals surface area contributed by atoms with E-state index >= 15 is 0 Å². The second kappa shape index (κ2) is 10.2. The molecule has 4 rings (SSSR count). The zero-order chi connectivity index (χ0) is 24.5.